The minimum atomic E-state index is -0.210. The lowest BCUT2D eigenvalue weighted by atomic mass is 10.1. The number of thioether (sulfide) groups is 1. The van der Waals surface area contributed by atoms with Gasteiger partial charge in [0.15, 0.2) is 16.7 Å². The molecule has 36 heavy (non-hydrogen) atoms. The summed E-state index contributed by atoms with van der Waals surface area (Å²) in [5.74, 6) is 1.78. The number of fused-ring (bicyclic) bond motifs is 1. The van der Waals surface area contributed by atoms with Crippen molar-refractivity contribution in [2.24, 2.45) is 0 Å². The standard InChI is InChI=1S/C26H27N3O5S2/c1-4-34-20-8-6-5-7-18(20)27-23(30)16-36-26-28-19-12-14-35-24(19)25(31)29(26)13-11-17-9-10-21(32-2)22(15-17)33-3/h5-10,12,14-15H,4,11,13,16H2,1-3H3,(H,27,30). The third-order valence-electron chi connectivity index (χ3n) is 5.40. The molecule has 1 N–H and O–H groups in total. The SMILES string of the molecule is CCOc1ccccc1NC(=O)CSc1nc2ccsc2c(=O)n1CCc1ccc(OC)c(OC)c1. The molecule has 0 aliphatic heterocycles. The molecule has 0 aliphatic rings. The number of aryl methyl sites for hydroxylation is 1. The molecule has 4 rings (SSSR count). The van der Waals surface area contributed by atoms with Crippen LogP contribution in [0.5, 0.6) is 17.2 Å². The average molecular weight is 526 g/mol. The van der Waals surface area contributed by atoms with Gasteiger partial charge in [0.05, 0.1) is 37.8 Å². The largest absolute Gasteiger partial charge is 0.493 e. The minimum absolute atomic E-state index is 0.0961. The summed E-state index contributed by atoms with van der Waals surface area (Å²) in [6.45, 7) is 2.80. The van der Waals surface area contributed by atoms with E-state index in [2.05, 4.69) is 10.3 Å². The highest BCUT2D eigenvalue weighted by atomic mass is 32.2. The van der Waals surface area contributed by atoms with Gasteiger partial charge in [-0.3, -0.25) is 14.2 Å². The molecule has 2 aromatic heterocycles. The Morgan fingerprint density at radius 2 is 1.89 bits per heavy atom. The summed E-state index contributed by atoms with van der Waals surface area (Å²) in [5, 5.41) is 5.24. The van der Waals surface area contributed by atoms with Gasteiger partial charge in [0.1, 0.15) is 10.4 Å². The molecule has 0 unspecified atom stereocenters. The fourth-order valence-electron chi connectivity index (χ4n) is 3.68. The molecule has 1 amide bonds. The quantitative estimate of drug-likeness (QED) is 0.221. The number of nitrogens with one attached hydrogen (secondary N) is 1. The van der Waals surface area contributed by atoms with Crippen molar-refractivity contribution in [2.45, 2.75) is 25.0 Å². The molecule has 0 saturated carbocycles. The molecule has 0 fully saturated rings. The molecule has 4 aromatic rings. The minimum Gasteiger partial charge on any atom is -0.493 e. The van der Waals surface area contributed by atoms with E-state index in [1.807, 2.05) is 54.8 Å². The van der Waals surface area contributed by atoms with E-state index in [4.69, 9.17) is 14.2 Å². The van der Waals surface area contributed by atoms with Crippen molar-refractivity contribution >= 4 is 44.9 Å². The molecule has 188 valence electrons. The van der Waals surface area contributed by atoms with Gasteiger partial charge >= 0.3 is 0 Å². The van der Waals surface area contributed by atoms with Crippen LogP contribution in [0, 0.1) is 0 Å². The Bertz CT molecular complexity index is 1420. The van der Waals surface area contributed by atoms with Gasteiger partial charge in [-0.05, 0) is 54.6 Å². The molecule has 0 aliphatic carbocycles. The van der Waals surface area contributed by atoms with Crippen LogP contribution in [0.3, 0.4) is 0 Å². The molecule has 0 atom stereocenters. The van der Waals surface area contributed by atoms with Crippen molar-refractivity contribution in [3.63, 3.8) is 0 Å². The van der Waals surface area contributed by atoms with Gasteiger partial charge in [-0.25, -0.2) is 4.98 Å². The lowest BCUT2D eigenvalue weighted by Crippen LogP contribution is -2.24. The molecular formula is C26H27N3O5S2. The number of benzene rings is 2. The average Bonchev–Trinajstić information content (AvgIpc) is 3.37. The van der Waals surface area contributed by atoms with E-state index in [1.54, 1.807) is 24.9 Å². The zero-order chi connectivity index (χ0) is 25.5. The van der Waals surface area contributed by atoms with E-state index >= 15 is 0 Å². The Hall–Kier alpha value is -3.50. The predicted octanol–water partition coefficient (Wildman–Crippen LogP) is 4.85. The molecule has 10 heteroatoms. The van der Waals surface area contributed by atoms with Crippen LogP contribution in [0.2, 0.25) is 0 Å². The second-order valence-corrected chi connectivity index (χ2v) is 9.55. The number of ether oxygens (including phenoxy) is 3. The fraction of sp³-hybridized carbons (Fsp3) is 0.269. The van der Waals surface area contributed by atoms with Crippen LogP contribution in [0.4, 0.5) is 5.69 Å². The smallest absolute Gasteiger partial charge is 0.272 e. The van der Waals surface area contributed by atoms with Crippen molar-refractivity contribution in [1.29, 1.82) is 0 Å². The maximum atomic E-state index is 13.3. The molecule has 0 saturated heterocycles. The number of anilines is 1. The first-order valence-corrected chi connectivity index (χ1v) is 13.2. The van der Waals surface area contributed by atoms with Gasteiger partial charge < -0.3 is 19.5 Å². The van der Waals surface area contributed by atoms with Gasteiger partial charge in [0.2, 0.25) is 5.91 Å². The number of thiophene rings is 1. The highest BCUT2D eigenvalue weighted by Crippen LogP contribution is 2.28. The molecule has 8 nitrogen and oxygen atoms in total. The van der Waals surface area contributed by atoms with Gasteiger partial charge in [0, 0.05) is 6.54 Å². The summed E-state index contributed by atoms with van der Waals surface area (Å²) in [5.41, 5.74) is 2.13. The van der Waals surface area contributed by atoms with Crippen LogP contribution >= 0.6 is 23.1 Å². The first-order chi connectivity index (χ1) is 17.5. The monoisotopic (exact) mass is 525 g/mol. The Labute approximate surface area is 217 Å². The summed E-state index contributed by atoms with van der Waals surface area (Å²) in [4.78, 5) is 30.7. The number of amides is 1. The number of carbonyl (C=O) groups excluding carboxylic acids is 1. The van der Waals surface area contributed by atoms with Crippen molar-refractivity contribution in [2.75, 3.05) is 31.9 Å². The van der Waals surface area contributed by atoms with E-state index in [9.17, 15) is 9.59 Å². The third kappa shape index (κ3) is 5.83. The molecule has 0 radical (unpaired) electrons. The number of aromatic nitrogens is 2. The van der Waals surface area contributed by atoms with Crippen molar-refractivity contribution in [3.8, 4) is 17.2 Å². The number of rotatable bonds is 11. The van der Waals surface area contributed by atoms with Crippen LogP contribution in [-0.4, -0.2) is 42.0 Å². The first kappa shape index (κ1) is 25.6. The summed E-state index contributed by atoms with van der Waals surface area (Å²) < 4.78 is 18.5. The van der Waals surface area contributed by atoms with Crippen LogP contribution in [0.1, 0.15) is 12.5 Å². The maximum absolute atomic E-state index is 13.3. The number of nitrogens with zero attached hydrogens (tertiary/aromatic N) is 2. The lowest BCUT2D eigenvalue weighted by Gasteiger charge is -2.14. The van der Waals surface area contributed by atoms with Crippen molar-refractivity contribution in [3.05, 3.63) is 69.8 Å². The van der Waals surface area contributed by atoms with Crippen LogP contribution in [-0.2, 0) is 17.8 Å². The van der Waals surface area contributed by atoms with E-state index in [0.29, 0.717) is 57.9 Å². The topological polar surface area (TPSA) is 91.7 Å². The van der Waals surface area contributed by atoms with Crippen LogP contribution in [0.25, 0.3) is 10.2 Å². The van der Waals surface area contributed by atoms with Crippen molar-refractivity contribution < 1.29 is 19.0 Å². The number of hydrogen-bond donors (Lipinski definition) is 1. The molecule has 0 bridgehead atoms. The Morgan fingerprint density at radius 3 is 2.67 bits per heavy atom. The fourth-order valence-corrected chi connectivity index (χ4v) is 5.28. The summed E-state index contributed by atoms with van der Waals surface area (Å²) in [6, 6.07) is 14.8. The first-order valence-electron chi connectivity index (χ1n) is 11.4. The van der Waals surface area contributed by atoms with Gasteiger partial charge in [-0.2, -0.15) is 0 Å². The molecule has 0 spiro atoms. The van der Waals surface area contributed by atoms with Crippen LogP contribution in [0.15, 0.2) is 63.9 Å². The molecule has 2 aromatic carbocycles. The Balaban J connectivity index is 1.53. The number of hydrogen-bond acceptors (Lipinski definition) is 8. The number of methoxy groups -OCH3 is 2. The summed E-state index contributed by atoms with van der Waals surface area (Å²) >= 11 is 2.60. The number of para-hydroxylation sites is 2. The van der Waals surface area contributed by atoms with E-state index < -0.39 is 0 Å². The Kier molecular flexibility index (Phi) is 8.50. The summed E-state index contributed by atoms with van der Waals surface area (Å²) in [7, 11) is 3.18. The predicted molar refractivity (Wildman–Crippen MR) is 144 cm³/mol. The van der Waals surface area contributed by atoms with Crippen LogP contribution < -0.4 is 25.1 Å². The Morgan fingerprint density at radius 1 is 1.08 bits per heavy atom. The highest BCUT2D eigenvalue weighted by molar-refractivity contribution is 7.99. The zero-order valence-electron chi connectivity index (χ0n) is 20.3. The second-order valence-electron chi connectivity index (χ2n) is 7.69. The van der Waals surface area contributed by atoms with Gasteiger partial charge in [-0.15, -0.1) is 11.3 Å². The maximum Gasteiger partial charge on any atom is 0.272 e. The van der Waals surface area contributed by atoms with E-state index in [0.717, 1.165) is 5.56 Å². The molecule has 2 heterocycles. The van der Waals surface area contributed by atoms with E-state index in [-0.39, 0.29) is 17.2 Å². The van der Waals surface area contributed by atoms with Gasteiger partial charge in [0.25, 0.3) is 5.56 Å². The van der Waals surface area contributed by atoms with E-state index in [1.165, 1.54) is 23.1 Å². The summed E-state index contributed by atoms with van der Waals surface area (Å²) in [6.07, 6.45) is 0.584. The molecular weight excluding hydrogens is 498 g/mol. The van der Waals surface area contributed by atoms with Gasteiger partial charge in [-0.1, -0.05) is 30.0 Å². The highest BCUT2D eigenvalue weighted by Gasteiger charge is 2.16. The zero-order valence-corrected chi connectivity index (χ0v) is 21.9. The van der Waals surface area contributed by atoms with Crippen molar-refractivity contribution in [1.82, 2.24) is 9.55 Å². The number of carbonyl (C=O) groups is 1. The second kappa shape index (κ2) is 12.0. The normalized spacial score (nSPS) is 10.9. The lowest BCUT2D eigenvalue weighted by molar-refractivity contribution is -0.113. The third-order valence-corrected chi connectivity index (χ3v) is 7.26.